The zero-order valence-corrected chi connectivity index (χ0v) is 14.3. The summed E-state index contributed by atoms with van der Waals surface area (Å²) >= 11 is 6.83. The van der Waals surface area contributed by atoms with E-state index in [1.165, 1.54) is 36.7 Å². The van der Waals surface area contributed by atoms with E-state index in [0.29, 0.717) is 13.0 Å². The number of halogens is 1. The number of hydrogen-bond acceptors (Lipinski definition) is 3. The first-order chi connectivity index (χ1) is 10.6. The Morgan fingerprint density at radius 2 is 2.00 bits per heavy atom. The third kappa shape index (κ3) is 5.25. The molecular weight excluding hydrogens is 319 g/mol. The molecule has 22 heavy (non-hydrogen) atoms. The number of nitrogens with zero attached hydrogens (tertiary/aromatic N) is 1. The highest BCUT2D eigenvalue weighted by molar-refractivity contribution is 8.23. The number of nitrogens with one attached hydrogen (secondary N) is 1. The van der Waals surface area contributed by atoms with Crippen LogP contribution in [0.15, 0.2) is 24.3 Å². The van der Waals surface area contributed by atoms with Crippen LogP contribution in [0.1, 0.15) is 25.3 Å². The van der Waals surface area contributed by atoms with Crippen molar-refractivity contribution in [2.24, 2.45) is 0 Å². The number of thiocarbonyl (C=S) groups is 1. The van der Waals surface area contributed by atoms with Crippen molar-refractivity contribution in [3.05, 3.63) is 35.6 Å². The van der Waals surface area contributed by atoms with Gasteiger partial charge in [-0.15, -0.1) is 0 Å². The first-order valence-electron chi connectivity index (χ1n) is 7.54. The highest BCUT2D eigenvalue weighted by atomic mass is 32.2. The number of amides is 1. The van der Waals surface area contributed by atoms with Crippen LogP contribution < -0.4 is 5.32 Å². The Morgan fingerprint density at radius 3 is 2.64 bits per heavy atom. The smallest absolute Gasteiger partial charge is 0.233 e. The molecule has 1 aromatic carbocycles. The van der Waals surface area contributed by atoms with Crippen molar-refractivity contribution in [2.45, 2.75) is 31.4 Å². The summed E-state index contributed by atoms with van der Waals surface area (Å²) in [5, 5.41) is 2.72. The molecule has 1 amide bonds. The van der Waals surface area contributed by atoms with Crippen molar-refractivity contribution in [1.82, 2.24) is 10.2 Å². The minimum Gasteiger partial charge on any atom is -0.358 e. The van der Waals surface area contributed by atoms with Crippen LogP contribution in [-0.2, 0) is 11.2 Å². The van der Waals surface area contributed by atoms with Gasteiger partial charge >= 0.3 is 0 Å². The summed E-state index contributed by atoms with van der Waals surface area (Å²) in [5.41, 5.74) is 1.01. The van der Waals surface area contributed by atoms with E-state index in [0.717, 1.165) is 23.0 Å². The van der Waals surface area contributed by atoms with Crippen LogP contribution in [0.5, 0.6) is 0 Å². The number of likely N-dealkylation sites (tertiary alicyclic amines) is 1. The highest BCUT2D eigenvalue weighted by Gasteiger charge is 2.20. The van der Waals surface area contributed by atoms with Crippen molar-refractivity contribution in [2.75, 3.05) is 19.6 Å². The molecule has 120 valence electrons. The van der Waals surface area contributed by atoms with E-state index in [1.807, 2.05) is 6.92 Å². The molecule has 0 saturated carbocycles. The quantitative estimate of drug-likeness (QED) is 0.835. The SMILES string of the molecule is C[C@H](SC(=S)N1CCCC1)C(=O)NCCc1ccc(F)cc1. The standard InChI is InChI=1S/C16H21FN2OS2/c1-12(22-16(21)19-10-2-3-11-19)15(20)18-9-8-13-4-6-14(17)7-5-13/h4-7,12H,2-3,8-11H2,1H3,(H,18,20)/t12-/m0/s1. The van der Waals surface area contributed by atoms with Gasteiger partial charge in [-0.1, -0.05) is 36.1 Å². The Kier molecular flexibility index (Phi) is 6.64. The molecule has 0 bridgehead atoms. The van der Waals surface area contributed by atoms with Crippen LogP contribution in [-0.4, -0.2) is 40.0 Å². The first-order valence-corrected chi connectivity index (χ1v) is 8.83. The molecular formula is C16H21FN2OS2. The summed E-state index contributed by atoms with van der Waals surface area (Å²) in [6, 6.07) is 6.35. The van der Waals surface area contributed by atoms with Gasteiger partial charge in [-0.05, 0) is 43.9 Å². The van der Waals surface area contributed by atoms with Gasteiger partial charge in [0.05, 0.1) is 5.25 Å². The van der Waals surface area contributed by atoms with Crippen molar-refractivity contribution in [3.63, 3.8) is 0 Å². The van der Waals surface area contributed by atoms with Crippen LogP contribution in [0.2, 0.25) is 0 Å². The predicted molar refractivity (Wildman–Crippen MR) is 93.6 cm³/mol. The molecule has 1 saturated heterocycles. The van der Waals surface area contributed by atoms with Gasteiger partial charge in [0, 0.05) is 19.6 Å². The molecule has 1 aromatic rings. The lowest BCUT2D eigenvalue weighted by molar-refractivity contribution is -0.120. The molecule has 1 N–H and O–H groups in total. The van der Waals surface area contributed by atoms with Gasteiger partial charge in [0.25, 0.3) is 0 Å². The van der Waals surface area contributed by atoms with Crippen LogP contribution in [0.4, 0.5) is 4.39 Å². The van der Waals surface area contributed by atoms with E-state index in [1.54, 1.807) is 12.1 Å². The van der Waals surface area contributed by atoms with Gasteiger partial charge in [-0.3, -0.25) is 4.79 Å². The zero-order chi connectivity index (χ0) is 15.9. The van der Waals surface area contributed by atoms with Gasteiger partial charge in [0.2, 0.25) is 5.91 Å². The van der Waals surface area contributed by atoms with Gasteiger partial charge in [0.15, 0.2) is 0 Å². The molecule has 1 aliphatic heterocycles. The van der Waals surface area contributed by atoms with E-state index < -0.39 is 0 Å². The third-order valence-corrected chi connectivity index (χ3v) is 5.21. The number of hydrogen-bond donors (Lipinski definition) is 1. The molecule has 0 unspecified atom stereocenters. The largest absolute Gasteiger partial charge is 0.358 e. The Labute approximate surface area is 140 Å². The lowest BCUT2D eigenvalue weighted by Gasteiger charge is -2.20. The third-order valence-electron chi connectivity index (χ3n) is 3.64. The summed E-state index contributed by atoms with van der Waals surface area (Å²) in [6.45, 7) is 4.43. The van der Waals surface area contributed by atoms with Crippen molar-refractivity contribution >= 4 is 34.2 Å². The fourth-order valence-corrected chi connectivity index (χ4v) is 3.74. The molecule has 1 fully saturated rings. The van der Waals surface area contributed by atoms with Crippen molar-refractivity contribution in [3.8, 4) is 0 Å². The molecule has 0 aliphatic carbocycles. The average Bonchev–Trinajstić information content (AvgIpc) is 3.03. The van der Waals surface area contributed by atoms with Gasteiger partial charge < -0.3 is 10.2 Å². The number of thioether (sulfide) groups is 1. The van der Waals surface area contributed by atoms with E-state index in [-0.39, 0.29) is 17.0 Å². The van der Waals surface area contributed by atoms with Crippen LogP contribution in [0.25, 0.3) is 0 Å². The average molecular weight is 340 g/mol. The van der Waals surface area contributed by atoms with E-state index in [4.69, 9.17) is 12.2 Å². The summed E-state index contributed by atoms with van der Waals surface area (Å²) in [4.78, 5) is 14.2. The second-order valence-corrected chi connectivity index (χ2v) is 7.36. The Morgan fingerprint density at radius 1 is 1.36 bits per heavy atom. The van der Waals surface area contributed by atoms with Gasteiger partial charge in [-0.25, -0.2) is 4.39 Å². The summed E-state index contributed by atoms with van der Waals surface area (Å²) in [6.07, 6.45) is 3.05. The monoisotopic (exact) mass is 340 g/mol. The summed E-state index contributed by atoms with van der Waals surface area (Å²) < 4.78 is 13.6. The normalized spacial score (nSPS) is 15.6. The topological polar surface area (TPSA) is 32.3 Å². The van der Waals surface area contributed by atoms with E-state index >= 15 is 0 Å². The Balaban J connectivity index is 1.69. The van der Waals surface area contributed by atoms with Crippen LogP contribution in [0.3, 0.4) is 0 Å². The first kappa shape index (κ1) is 17.2. The van der Waals surface area contributed by atoms with E-state index in [2.05, 4.69) is 10.2 Å². The minimum atomic E-state index is -0.242. The second-order valence-electron chi connectivity index (χ2n) is 5.39. The molecule has 0 radical (unpaired) electrons. The number of benzene rings is 1. The molecule has 1 heterocycles. The number of carbonyl (C=O) groups excluding carboxylic acids is 1. The Hall–Kier alpha value is -1.14. The molecule has 1 aliphatic rings. The molecule has 3 nitrogen and oxygen atoms in total. The minimum absolute atomic E-state index is 0.00587. The molecule has 2 rings (SSSR count). The lowest BCUT2D eigenvalue weighted by atomic mass is 10.1. The predicted octanol–water partition coefficient (Wildman–Crippen LogP) is 2.99. The fraction of sp³-hybridized carbons (Fsp3) is 0.500. The van der Waals surface area contributed by atoms with Crippen molar-refractivity contribution < 1.29 is 9.18 Å². The zero-order valence-electron chi connectivity index (χ0n) is 12.7. The fourth-order valence-electron chi connectivity index (χ4n) is 2.30. The summed E-state index contributed by atoms with van der Waals surface area (Å²) in [7, 11) is 0. The molecule has 1 atom stereocenters. The van der Waals surface area contributed by atoms with Gasteiger partial charge in [0.1, 0.15) is 10.1 Å². The maximum absolute atomic E-state index is 12.8. The summed E-state index contributed by atoms with van der Waals surface area (Å²) in [5.74, 6) is -0.248. The van der Waals surface area contributed by atoms with E-state index in [9.17, 15) is 9.18 Å². The lowest BCUT2D eigenvalue weighted by Crippen LogP contribution is -2.35. The number of carbonyl (C=O) groups is 1. The maximum Gasteiger partial charge on any atom is 0.233 e. The molecule has 0 aromatic heterocycles. The Bertz CT molecular complexity index is 515. The number of rotatable bonds is 5. The molecule has 0 spiro atoms. The van der Waals surface area contributed by atoms with Gasteiger partial charge in [-0.2, -0.15) is 0 Å². The van der Waals surface area contributed by atoms with Crippen molar-refractivity contribution in [1.29, 1.82) is 0 Å². The highest BCUT2D eigenvalue weighted by Crippen LogP contribution is 2.20. The molecule has 6 heteroatoms. The maximum atomic E-state index is 12.8. The second kappa shape index (κ2) is 8.48. The van der Waals surface area contributed by atoms with Crippen LogP contribution >= 0.6 is 24.0 Å². The van der Waals surface area contributed by atoms with Crippen LogP contribution in [0, 0.1) is 5.82 Å².